The van der Waals surface area contributed by atoms with E-state index in [9.17, 15) is 0 Å². The summed E-state index contributed by atoms with van der Waals surface area (Å²) in [5, 5.41) is 3.36. The van der Waals surface area contributed by atoms with Crippen LogP contribution in [0, 0.1) is 6.92 Å². The molecule has 0 fully saturated rings. The van der Waals surface area contributed by atoms with Crippen molar-refractivity contribution < 1.29 is 0 Å². The van der Waals surface area contributed by atoms with Crippen LogP contribution in [0.5, 0.6) is 0 Å². The molecule has 2 rings (SSSR count). The van der Waals surface area contributed by atoms with Gasteiger partial charge >= 0.3 is 0 Å². The van der Waals surface area contributed by atoms with Crippen LogP contribution in [0.2, 0.25) is 0 Å². The van der Waals surface area contributed by atoms with Gasteiger partial charge in [0.2, 0.25) is 0 Å². The zero-order chi connectivity index (χ0) is 16.5. The molecule has 0 bridgehead atoms. The highest BCUT2D eigenvalue weighted by molar-refractivity contribution is 14.0. The average molecular weight is 438 g/mol. The number of guanidine groups is 1. The van der Waals surface area contributed by atoms with E-state index in [4.69, 9.17) is 4.99 Å². The lowest BCUT2D eigenvalue weighted by atomic mass is 10.1. The standard InChI is InChI=1S/C19H26N4.HI/c1-4-20-19(22-14-12-18-7-5-6-13-21-18)23(3)15-17-10-8-16(2)9-11-17;/h5-11,13H,4,12,14-15H2,1-3H3,(H,20,22);1H. The van der Waals surface area contributed by atoms with Crippen molar-refractivity contribution in [1.29, 1.82) is 0 Å². The smallest absolute Gasteiger partial charge is 0.193 e. The van der Waals surface area contributed by atoms with Gasteiger partial charge in [0.05, 0.1) is 0 Å². The molecule has 0 atom stereocenters. The molecule has 4 nitrogen and oxygen atoms in total. The summed E-state index contributed by atoms with van der Waals surface area (Å²) >= 11 is 0. The van der Waals surface area contributed by atoms with E-state index in [1.165, 1.54) is 11.1 Å². The topological polar surface area (TPSA) is 40.5 Å². The van der Waals surface area contributed by atoms with Crippen molar-refractivity contribution in [3.05, 3.63) is 65.5 Å². The minimum atomic E-state index is 0. The highest BCUT2D eigenvalue weighted by Crippen LogP contribution is 2.06. The normalized spacial score (nSPS) is 10.9. The predicted octanol–water partition coefficient (Wildman–Crippen LogP) is 3.65. The number of nitrogens with one attached hydrogen (secondary N) is 1. The maximum Gasteiger partial charge on any atom is 0.193 e. The maximum absolute atomic E-state index is 4.71. The Hall–Kier alpha value is -1.63. The lowest BCUT2D eigenvalue weighted by Gasteiger charge is -2.22. The van der Waals surface area contributed by atoms with Gasteiger partial charge in [-0.1, -0.05) is 35.9 Å². The lowest BCUT2D eigenvalue weighted by molar-refractivity contribution is 0.477. The molecule has 0 unspecified atom stereocenters. The molecule has 1 aromatic heterocycles. The fraction of sp³-hybridized carbons (Fsp3) is 0.368. The first-order chi connectivity index (χ1) is 11.2. The molecule has 1 heterocycles. The number of aryl methyl sites for hydroxylation is 1. The number of aliphatic imine (C=N–C) groups is 1. The summed E-state index contributed by atoms with van der Waals surface area (Å²) in [5.74, 6) is 0.934. The van der Waals surface area contributed by atoms with Crippen molar-refractivity contribution in [2.75, 3.05) is 20.1 Å². The quantitative estimate of drug-likeness (QED) is 0.425. The summed E-state index contributed by atoms with van der Waals surface area (Å²) in [6.07, 6.45) is 2.68. The van der Waals surface area contributed by atoms with Gasteiger partial charge in [-0.05, 0) is 31.5 Å². The van der Waals surface area contributed by atoms with Crippen molar-refractivity contribution in [1.82, 2.24) is 15.2 Å². The van der Waals surface area contributed by atoms with E-state index in [1.54, 1.807) is 0 Å². The number of aromatic nitrogens is 1. The Morgan fingerprint density at radius 2 is 1.92 bits per heavy atom. The first-order valence-electron chi connectivity index (χ1n) is 8.14. The molecule has 0 aliphatic carbocycles. The van der Waals surface area contributed by atoms with Gasteiger partial charge in [-0.25, -0.2) is 0 Å². The molecule has 130 valence electrons. The van der Waals surface area contributed by atoms with Crippen LogP contribution < -0.4 is 5.32 Å². The molecule has 0 spiro atoms. The third-order valence-electron chi connectivity index (χ3n) is 3.59. The van der Waals surface area contributed by atoms with Crippen molar-refractivity contribution in [2.45, 2.75) is 26.8 Å². The minimum Gasteiger partial charge on any atom is -0.357 e. The number of hydrogen-bond acceptors (Lipinski definition) is 2. The Labute approximate surface area is 162 Å². The third kappa shape index (κ3) is 6.86. The Bertz CT molecular complexity index is 611. The van der Waals surface area contributed by atoms with Crippen LogP contribution in [0.4, 0.5) is 0 Å². The SMILES string of the molecule is CCNC(=NCCc1ccccn1)N(C)Cc1ccc(C)cc1.I. The Morgan fingerprint density at radius 3 is 2.54 bits per heavy atom. The Kier molecular flexibility index (Phi) is 9.37. The maximum atomic E-state index is 4.71. The van der Waals surface area contributed by atoms with Gasteiger partial charge in [0.25, 0.3) is 0 Å². The first kappa shape index (κ1) is 20.4. The number of benzene rings is 1. The van der Waals surface area contributed by atoms with Crippen molar-refractivity contribution in [3.8, 4) is 0 Å². The monoisotopic (exact) mass is 438 g/mol. The minimum absolute atomic E-state index is 0. The zero-order valence-electron chi connectivity index (χ0n) is 14.7. The van der Waals surface area contributed by atoms with E-state index < -0.39 is 0 Å². The van der Waals surface area contributed by atoms with Crippen LogP contribution >= 0.6 is 24.0 Å². The second kappa shape index (κ2) is 11.0. The number of nitrogens with zero attached hydrogens (tertiary/aromatic N) is 3. The second-order valence-electron chi connectivity index (χ2n) is 5.65. The van der Waals surface area contributed by atoms with Gasteiger partial charge in [0.1, 0.15) is 0 Å². The van der Waals surface area contributed by atoms with E-state index in [-0.39, 0.29) is 24.0 Å². The fourth-order valence-electron chi connectivity index (χ4n) is 2.33. The first-order valence-corrected chi connectivity index (χ1v) is 8.14. The van der Waals surface area contributed by atoms with Gasteiger partial charge in [-0.2, -0.15) is 0 Å². The molecule has 1 N–H and O–H groups in total. The van der Waals surface area contributed by atoms with Crippen molar-refractivity contribution >= 4 is 29.9 Å². The predicted molar refractivity (Wildman–Crippen MR) is 112 cm³/mol. The average Bonchev–Trinajstić information content (AvgIpc) is 2.57. The molecular weight excluding hydrogens is 411 g/mol. The van der Waals surface area contributed by atoms with Gasteiger partial charge in [0, 0.05) is 45.0 Å². The second-order valence-corrected chi connectivity index (χ2v) is 5.65. The highest BCUT2D eigenvalue weighted by atomic mass is 127. The molecule has 1 aromatic carbocycles. The van der Waals surface area contributed by atoms with E-state index in [0.29, 0.717) is 0 Å². The zero-order valence-corrected chi connectivity index (χ0v) is 17.0. The van der Waals surface area contributed by atoms with Crippen molar-refractivity contribution in [2.24, 2.45) is 4.99 Å². The summed E-state index contributed by atoms with van der Waals surface area (Å²) in [7, 11) is 2.07. The molecule has 0 saturated heterocycles. The molecular formula is C19H27IN4. The summed E-state index contributed by atoms with van der Waals surface area (Å²) in [4.78, 5) is 11.2. The van der Waals surface area contributed by atoms with E-state index in [0.717, 1.165) is 37.7 Å². The largest absolute Gasteiger partial charge is 0.357 e. The van der Waals surface area contributed by atoms with Crippen LogP contribution in [0.15, 0.2) is 53.7 Å². The number of rotatable bonds is 6. The molecule has 0 aliphatic heterocycles. The van der Waals surface area contributed by atoms with Gasteiger partial charge in [-0.3, -0.25) is 9.98 Å². The van der Waals surface area contributed by atoms with Crippen LogP contribution in [0.3, 0.4) is 0 Å². The Balaban J connectivity index is 0.00000288. The van der Waals surface area contributed by atoms with Crippen LogP contribution in [-0.2, 0) is 13.0 Å². The van der Waals surface area contributed by atoms with Crippen LogP contribution in [0.1, 0.15) is 23.7 Å². The molecule has 5 heteroatoms. The van der Waals surface area contributed by atoms with Crippen LogP contribution in [0.25, 0.3) is 0 Å². The molecule has 0 saturated carbocycles. The Morgan fingerprint density at radius 1 is 1.17 bits per heavy atom. The van der Waals surface area contributed by atoms with E-state index in [2.05, 4.69) is 60.4 Å². The van der Waals surface area contributed by atoms with E-state index >= 15 is 0 Å². The summed E-state index contributed by atoms with van der Waals surface area (Å²) in [5.41, 5.74) is 3.65. The molecule has 0 radical (unpaired) electrons. The third-order valence-corrected chi connectivity index (χ3v) is 3.59. The van der Waals surface area contributed by atoms with Crippen LogP contribution in [-0.4, -0.2) is 36.0 Å². The van der Waals surface area contributed by atoms with Gasteiger partial charge in [-0.15, -0.1) is 24.0 Å². The summed E-state index contributed by atoms with van der Waals surface area (Å²) in [6.45, 7) is 6.64. The number of halogens is 1. The molecule has 0 aliphatic rings. The van der Waals surface area contributed by atoms with Gasteiger partial charge < -0.3 is 10.2 Å². The summed E-state index contributed by atoms with van der Waals surface area (Å²) < 4.78 is 0. The number of hydrogen-bond donors (Lipinski definition) is 1. The summed E-state index contributed by atoms with van der Waals surface area (Å²) in [6, 6.07) is 14.6. The highest BCUT2D eigenvalue weighted by Gasteiger charge is 2.06. The fourth-order valence-corrected chi connectivity index (χ4v) is 2.33. The lowest BCUT2D eigenvalue weighted by Crippen LogP contribution is -2.38. The molecule has 2 aromatic rings. The van der Waals surface area contributed by atoms with Crippen molar-refractivity contribution in [3.63, 3.8) is 0 Å². The number of pyridine rings is 1. The molecule has 24 heavy (non-hydrogen) atoms. The van der Waals surface area contributed by atoms with E-state index in [1.807, 2.05) is 24.4 Å². The van der Waals surface area contributed by atoms with Gasteiger partial charge in [0.15, 0.2) is 5.96 Å². The molecule has 0 amide bonds.